The quantitative estimate of drug-likeness (QED) is 0.822. The number of hydrogen-bond donors (Lipinski definition) is 1. The predicted octanol–water partition coefficient (Wildman–Crippen LogP) is 2.19. The second-order valence-electron chi connectivity index (χ2n) is 4.38. The van der Waals surface area contributed by atoms with Gasteiger partial charge in [-0.15, -0.1) is 0 Å². The van der Waals surface area contributed by atoms with Crippen molar-refractivity contribution in [1.82, 2.24) is 4.98 Å². The van der Waals surface area contributed by atoms with E-state index in [0.29, 0.717) is 6.42 Å². The predicted molar refractivity (Wildman–Crippen MR) is 56.6 cm³/mol. The van der Waals surface area contributed by atoms with Crippen molar-refractivity contribution in [3.8, 4) is 0 Å². The summed E-state index contributed by atoms with van der Waals surface area (Å²) in [4.78, 5) is 15.5. The van der Waals surface area contributed by atoms with Gasteiger partial charge in [0.25, 0.3) is 0 Å². The fourth-order valence-corrected chi connectivity index (χ4v) is 2.09. The molecule has 0 bridgehead atoms. The van der Waals surface area contributed by atoms with E-state index in [9.17, 15) is 9.90 Å². The maximum atomic E-state index is 11.2. The van der Waals surface area contributed by atoms with Crippen molar-refractivity contribution in [2.24, 2.45) is 5.41 Å². The highest BCUT2D eigenvalue weighted by atomic mass is 16.4. The van der Waals surface area contributed by atoms with Crippen LogP contribution in [0.2, 0.25) is 0 Å². The van der Waals surface area contributed by atoms with Crippen LogP contribution < -0.4 is 0 Å². The number of aryl methyl sites for hydroxylation is 1. The SMILES string of the molecule is Cc1cccnc1CC1(C(=O)O)CCC1. The van der Waals surface area contributed by atoms with Crippen LogP contribution in [0.1, 0.15) is 30.5 Å². The molecule has 0 saturated heterocycles. The molecule has 0 aliphatic heterocycles. The summed E-state index contributed by atoms with van der Waals surface area (Å²) in [6.45, 7) is 1.98. The zero-order valence-electron chi connectivity index (χ0n) is 8.86. The van der Waals surface area contributed by atoms with Crippen LogP contribution in [0.5, 0.6) is 0 Å². The van der Waals surface area contributed by atoms with E-state index in [0.717, 1.165) is 30.5 Å². The van der Waals surface area contributed by atoms with E-state index in [1.54, 1.807) is 6.20 Å². The van der Waals surface area contributed by atoms with Gasteiger partial charge in [-0.05, 0) is 31.4 Å². The van der Waals surface area contributed by atoms with Gasteiger partial charge in [0.15, 0.2) is 0 Å². The van der Waals surface area contributed by atoms with Gasteiger partial charge < -0.3 is 5.11 Å². The first-order valence-electron chi connectivity index (χ1n) is 5.28. The summed E-state index contributed by atoms with van der Waals surface area (Å²) in [6, 6.07) is 3.86. The highest BCUT2D eigenvalue weighted by Gasteiger charge is 2.44. The number of carboxylic acids is 1. The van der Waals surface area contributed by atoms with E-state index in [1.165, 1.54) is 0 Å². The minimum atomic E-state index is -0.668. The molecule has 0 aromatic carbocycles. The minimum absolute atomic E-state index is 0.529. The normalized spacial score (nSPS) is 18.2. The highest BCUT2D eigenvalue weighted by molar-refractivity contribution is 5.76. The number of carbonyl (C=O) groups is 1. The van der Waals surface area contributed by atoms with Crippen LogP contribution in [-0.4, -0.2) is 16.1 Å². The second kappa shape index (κ2) is 3.65. The van der Waals surface area contributed by atoms with Crippen molar-refractivity contribution >= 4 is 5.97 Å². The van der Waals surface area contributed by atoms with Crippen LogP contribution in [0.15, 0.2) is 18.3 Å². The first-order valence-corrected chi connectivity index (χ1v) is 5.28. The van der Waals surface area contributed by atoms with Gasteiger partial charge in [0.05, 0.1) is 5.41 Å². The molecule has 0 unspecified atom stereocenters. The van der Waals surface area contributed by atoms with Crippen molar-refractivity contribution in [1.29, 1.82) is 0 Å². The first-order chi connectivity index (χ1) is 7.14. The number of rotatable bonds is 3. The van der Waals surface area contributed by atoms with Crippen LogP contribution in [0.25, 0.3) is 0 Å². The molecule has 3 nitrogen and oxygen atoms in total. The van der Waals surface area contributed by atoms with E-state index in [2.05, 4.69) is 4.98 Å². The molecule has 1 fully saturated rings. The molecule has 1 aromatic heterocycles. The molecule has 80 valence electrons. The standard InChI is InChI=1S/C12H15NO2/c1-9-4-2-7-13-10(9)8-12(11(14)15)5-3-6-12/h2,4,7H,3,5-6,8H2,1H3,(H,14,15). The molecule has 1 N–H and O–H groups in total. The number of carboxylic acid groups (broad SMARTS) is 1. The molecular weight excluding hydrogens is 190 g/mol. The lowest BCUT2D eigenvalue weighted by Crippen LogP contribution is -2.40. The molecule has 0 radical (unpaired) electrons. The summed E-state index contributed by atoms with van der Waals surface area (Å²) >= 11 is 0. The average molecular weight is 205 g/mol. The summed E-state index contributed by atoms with van der Waals surface area (Å²) < 4.78 is 0. The molecule has 0 spiro atoms. The lowest BCUT2D eigenvalue weighted by Gasteiger charge is -2.37. The van der Waals surface area contributed by atoms with Crippen molar-refractivity contribution in [3.05, 3.63) is 29.6 Å². The van der Waals surface area contributed by atoms with Gasteiger partial charge >= 0.3 is 5.97 Å². The number of nitrogens with zero attached hydrogens (tertiary/aromatic N) is 1. The lowest BCUT2D eigenvalue weighted by molar-refractivity contribution is -0.154. The molecular formula is C12H15NO2. The Morgan fingerprint density at radius 1 is 1.60 bits per heavy atom. The maximum Gasteiger partial charge on any atom is 0.310 e. The van der Waals surface area contributed by atoms with Crippen molar-refractivity contribution in [2.75, 3.05) is 0 Å². The van der Waals surface area contributed by atoms with Crippen LogP contribution in [-0.2, 0) is 11.2 Å². The van der Waals surface area contributed by atoms with Gasteiger partial charge in [0, 0.05) is 18.3 Å². The third-order valence-corrected chi connectivity index (χ3v) is 3.39. The van der Waals surface area contributed by atoms with E-state index < -0.39 is 11.4 Å². The highest BCUT2D eigenvalue weighted by Crippen LogP contribution is 2.43. The summed E-state index contributed by atoms with van der Waals surface area (Å²) in [6.07, 6.45) is 4.92. The first kappa shape index (κ1) is 10.1. The van der Waals surface area contributed by atoms with Crippen molar-refractivity contribution in [2.45, 2.75) is 32.6 Å². The average Bonchev–Trinajstić information content (AvgIpc) is 2.13. The minimum Gasteiger partial charge on any atom is -0.481 e. The van der Waals surface area contributed by atoms with Gasteiger partial charge in [0.1, 0.15) is 0 Å². The largest absolute Gasteiger partial charge is 0.481 e. The van der Waals surface area contributed by atoms with Crippen LogP contribution in [0.4, 0.5) is 0 Å². The number of hydrogen-bond acceptors (Lipinski definition) is 2. The van der Waals surface area contributed by atoms with Crippen LogP contribution >= 0.6 is 0 Å². The van der Waals surface area contributed by atoms with E-state index in [4.69, 9.17) is 0 Å². The molecule has 2 rings (SSSR count). The monoisotopic (exact) mass is 205 g/mol. The Kier molecular flexibility index (Phi) is 2.47. The molecule has 1 aromatic rings. The van der Waals surface area contributed by atoms with E-state index in [1.807, 2.05) is 19.1 Å². The molecule has 3 heteroatoms. The fourth-order valence-electron chi connectivity index (χ4n) is 2.09. The lowest BCUT2D eigenvalue weighted by atomic mass is 9.66. The number of pyridine rings is 1. The third kappa shape index (κ3) is 1.74. The smallest absolute Gasteiger partial charge is 0.310 e. The summed E-state index contributed by atoms with van der Waals surface area (Å²) in [5, 5.41) is 9.21. The molecule has 1 saturated carbocycles. The Morgan fingerprint density at radius 3 is 2.80 bits per heavy atom. The third-order valence-electron chi connectivity index (χ3n) is 3.39. The molecule has 15 heavy (non-hydrogen) atoms. The van der Waals surface area contributed by atoms with Crippen molar-refractivity contribution in [3.63, 3.8) is 0 Å². The zero-order chi connectivity index (χ0) is 10.9. The van der Waals surface area contributed by atoms with E-state index in [-0.39, 0.29) is 0 Å². The Morgan fingerprint density at radius 2 is 2.33 bits per heavy atom. The van der Waals surface area contributed by atoms with Gasteiger partial charge in [0.2, 0.25) is 0 Å². The fraction of sp³-hybridized carbons (Fsp3) is 0.500. The Bertz CT molecular complexity index is 383. The van der Waals surface area contributed by atoms with Gasteiger partial charge in [-0.3, -0.25) is 9.78 Å². The van der Waals surface area contributed by atoms with E-state index >= 15 is 0 Å². The number of aliphatic carboxylic acids is 1. The van der Waals surface area contributed by atoms with Crippen LogP contribution in [0.3, 0.4) is 0 Å². The Labute approximate surface area is 89.2 Å². The molecule has 1 aliphatic carbocycles. The molecule has 0 amide bonds. The second-order valence-corrected chi connectivity index (χ2v) is 4.38. The summed E-state index contributed by atoms with van der Waals surface area (Å²) in [7, 11) is 0. The number of aromatic nitrogens is 1. The summed E-state index contributed by atoms with van der Waals surface area (Å²) in [5.74, 6) is -0.668. The topological polar surface area (TPSA) is 50.2 Å². The van der Waals surface area contributed by atoms with Crippen molar-refractivity contribution < 1.29 is 9.90 Å². The van der Waals surface area contributed by atoms with Gasteiger partial charge in [-0.1, -0.05) is 12.5 Å². The Balaban J connectivity index is 2.21. The van der Waals surface area contributed by atoms with Gasteiger partial charge in [-0.25, -0.2) is 0 Å². The molecule has 0 atom stereocenters. The Hall–Kier alpha value is -1.38. The maximum absolute atomic E-state index is 11.2. The zero-order valence-corrected chi connectivity index (χ0v) is 8.86. The molecule has 1 aliphatic rings. The summed E-state index contributed by atoms with van der Waals surface area (Å²) in [5.41, 5.74) is 1.49. The molecule has 1 heterocycles. The van der Waals surface area contributed by atoms with Gasteiger partial charge in [-0.2, -0.15) is 0 Å². The van der Waals surface area contributed by atoms with Crippen LogP contribution in [0, 0.1) is 12.3 Å².